The van der Waals surface area contributed by atoms with E-state index in [-0.39, 0.29) is 17.5 Å². The number of nitrogens with zero attached hydrogens (tertiary/aromatic N) is 5. The number of fused-ring (bicyclic) bond motifs is 1. The number of aryl methyl sites for hydroxylation is 2. The van der Waals surface area contributed by atoms with Crippen LogP contribution in [0.4, 0.5) is 0 Å². The van der Waals surface area contributed by atoms with E-state index in [0.717, 1.165) is 24.1 Å². The lowest BCUT2D eigenvalue weighted by Crippen LogP contribution is -2.41. The predicted octanol–water partition coefficient (Wildman–Crippen LogP) is 1.80. The Labute approximate surface area is 155 Å². The Morgan fingerprint density at radius 2 is 2.04 bits per heavy atom. The van der Waals surface area contributed by atoms with Crippen LogP contribution in [-0.4, -0.2) is 43.6 Å². The molecule has 1 aliphatic rings. The van der Waals surface area contributed by atoms with E-state index in [2.05, 4.69) is 15.1 Å². The zero-order valence-electron chi connectivity index (χ0n) is 15.4. The molecule has 27 heavy (non-hydrogen) atoms. The van der Waals surface area contributed by atoms with Gasteiger partial charge in [0, 0.05) is 30.9 Å². The molecule has 0 aliphatic carbocycles. The summed E-state index contributed by atoms with van der Waals surface area (Å²) in [5.74, 6) is 0.758. The molecular weight excluding hydrogens is 346 g/mol. The first kappa shape index (κ1) is 17.4. The molecule has 8 heteroatoms. The number of carbonyl (C=O) groups is 1. The Hall–Kier alpha value is -3.03. The number of hydrogen-bond donors (Lipinski definition) is 0. The third-order valence-electron chi connectivity index (χ3n) is 5.28. The summed E-state index contributed by atoms with van der Waals surface area (Å²) in [6.45, 7) is 4.90. The van der Waals surface area contributed by atoms with Crippen molar-refractivity contribution >= 4 is 16.9 Å². The lowest BCUT2D eigenvalue weighted by atomic mass is 10.0. The van der Waals surface area contributed by atoms with E-state index in [0.29, 0.717) is 36.3 Å². The summed E-state index contributed by atoms with van der Waals surface area (Å²) >= 11 is 0. The predicted molar refractivity (Wildman–Crippen MR) is 98.3 cm³/mol. The summed E-state index contributed by atoms with van der Waals surface area (Å²) in [6.07, 6.45) is 4.95. The molecule has 0 bridgehead atoms. The van der Waals surface area contributed by atoms with Crippen LogP contribution in [-0.2, 0) is 11.2 Å². The van der Waals surface area contributed by atoms with Crippen LogP contribution >= 0.6 is 0 Å². The minimum absolute atomic E-state index is 0.0396. The molecule has 0 N–H and O–H groups in total. The topological polar surface area (TPSA) is 94.1 Å². The molecule has 4 heterocycles. The Morgan fingerprint density at radius 1 is 1.26 bits per heavy atom. The van der Waals surface area contributed by atoms with Crippen molar-refractivity contribution < 1.29 is 9.32 Å². The van der Waals surface area contributed by atoms with Gasteiger partial charge in [-0.05, 0) is 38.8 Å². The second-order valence-electron chi connectivity index (χ2n) is 6.92. The number of pyridine rings is 1. The van der Waals surface area contributed by atoms with Crippen LogP contribution in [0.25, 0.3) is 11.0 Å². The summed E-state index contributed by atoms with van der Waals surface area (Å²) < 4.78 is 6.82. The third kappa shape index (κ3) is 3.22. The van der Waals surface area contributed by atoms with Gasteiger partial charge in [0.15, 0.2) is 5.65 Å². The average Bonchev–Trinajstić information content (AvgIpc) is 3.01. The van der Waals surface area contributed by atoms with Gasteiger partial charge in [-0.25, -0.2) is 9.97 Å². The maximum Gasteiger partial charge on any atom is 0.263 e. The van der Waals surface area contributed by atoms with Gasteiger partial charge in [-0.1, -0.05) is 5.16 Å². The summed E-state index contributed by atoms with van der Waals surface area (Å²) in [5.41, 5.74) is 2.02. The van der Waals surface area contributed by atoms with Crippen molar-refractivity contribution in [1.29, 1.82) is 0 Å². The van der Waals surface area contributed by atoms with Gasteiger partial charge in [0.05, 0.1) is 17.5 Å². The molecule has 0 saturated carbocycles. The number of rotatable bonds is 3. The number of piperidine rings is 1. The van der Waals surface area contributed by atoms with Gasteiger partial charge in [-0.15, -0.1) is 0 Å². The minimum Gasteiger partial charge on any atom is -0.361 e. The summed E-state index contributed by atoms with van der Waals surface area (Å²) in [4.78, 5) is 35.6. The molecule has 0 spiro atoms. The zero-order chi connectivity index (χ0) is 19.0. The average molecular weight is 367 g/mol. The zero-order valence-corrected chi connectivity index (χ0v) is 15.4. The van der Waals surface area contributed by atoms with E-state index < -0.39 is 0 Å². The summed E-state index contributed by atoms with van der Waals surface area (Å²) in [7, 11) is 0. The summed E-state index contributed by atoms with van der Waals surface area (Å²) in [5, 5.41) is 4.43. The third-order valence-corrected chi connectivity index (χ3v) is 5.28. The van der Waals surface area contributed by atoms with Gasteiger partial charge in [-0.3, -0.25) is 14.2 Å². The van der Waals surface area contributed by atoms with Gasteiger partial charge in [-0.2, -0.15) is 0 Å². The Balaban J connectivity index is 1.45. The van der Waals surface area contributed by atoms with Crippen molar-refractivity contribution in [2.24, 2.45) is 0 Å². The fourth-order valence-corrected chi connectivity index (χ4v) is 3.65. The molecule has 1 fully saturated rings. The van der Waals surface area contributed by atoms with Crippen LogP contribution < -0.4 is 5.56 Å². The number of aromatic nitrogens is 4. The van der Waals surface area contributed by atoms with E-state index >= 15 is 0 Å². The van der Waals surface area contributed by atoms with E-state index in [4.69, 9.17) is 4.52 Å². The van der Waals surface area contributed by atoms with Crippen molar-refractivity contribution in [3.63, 3.8) is 0 Å². The van der Waals surface area contributed by atoms with Crippen molar-refractivity contribution in [3.05, 3.63) is 52.0 Å². The summed E-state index contributed by atoms with van der Waals surface area (Å²) in [6, 6.07) is 3.53. The highest BCUT2D eigenvalue weighted by Gasteiger charge is 2.26. The molecule has 1 aliphatic heterocycles. The van der Waals surface area contributed by atoms with Crippen molar-refractivity contribution in [3.8, 4) is 0 Å². The second-order valence-corrected chi connectivity index (χ2v) is 6.92. The number of hydrogen-bond acceptors (Lipinski definition) is 6. The fourth-order valence-electron chi connectivity index (χ4n) is 3.65. The lowest BCUT2D eigenvalue weighted by molar-refractivity contribution is -0.131. The van der Waals surface area contributed by atoms with Gasteiger partial charge in [0.25, 0.3) is 5.56 Å². The standard InChI is InChI=1S/C19H21N5O3/c1-12-16(13(2)27-22-12)10-17(25)23-8-5-14(6-9-23)24-11-21-18-15(19(24)26)4-3-7-20-18/h3-4,7,11,14H,5-6,8-10H2,1-2H3. The van der Waals surface area contributed by atoms with Gasteiger partial charge < -0.3 is 9.42 Å². The van der Waals surface area contributed by atoms with Crippen LogP contribution in [0.15, 0.2) is 34.0 Å². The maximum atomic E-state index is 12.7. The number of likely N-dealkylation sites (tertiary alicyclic amines) is 1. The fraction of sp³-hybridized carbons (Fsp3) is 0.421. The highest BCUT2D eigenvalue weighted by Crippen LogP contribution is 2.23. The molecule has 3 aromatic heterocycles. The van der Waals surface area contributed by atoms with E-state index in [1.165, 1.54) is 0 Å². The molecule has 1 amide bonds. The van der Waals surface area contributed by atoms with E-state index in [1.807, 2.05) is 18.7 Å². The van der Waals surface area contributed by atoms with Crippen LogP contribution in [0, 0.1) is 13.8 Å². The van der Waals surface area contributed by atoms with Crippen LogP contribution in [0.5, 0.6) is 0 Å². The molecule has 0 unspecified atom stereocenters. The Bertz CT molecular complexity index is 1030. The van der Waals surface area contributed by atoms with E-state index in [1.54, 1.807) is 29.2 Å². The van der Waals surface area contributed by atoms with Gasteiger partial charge in [0.2, 0.25) is 5.91 Å². The number of amides is 1. The first-order valence-electron chi connectivity index (χ1n) is 9.06. The largest absolute Gasteiger partial charge is 0.361 e. The molecule has 0 aromatic carbocycles. The molecule has 140 valence electrons. The first-order chi connectivity index (χ1) is 13.0. The molecule has 0 atom stereocenters. The molecule has 3 aromatic rings. The molecule has 4 rings (SSSR count). The van der Waals surface area contributed by atoms with Gasteiger partial charge >= 0.3 is 0 Å². The van der Waals surface area contributed by atoms with Crippen molar-refractivity contribution in [2.45, 2.75) is 39.2 Å². The highest BCUT2D eigenvalue weighted by atomic mass is 16.5. The normalized spacial score (nSPS) is 15.4. The van der Waals surface area contributed by atoms with Crippen molar-refractivity contribution in [2.75, 3.05) is 13.1 Å². The number of carbonyl (C=O) groups excluding carboxylic acids is 1. The molecule has 1 saturated heterocycles. The van der Waals surface area contributed by atoms with E-state index in [9.17, 15) is 9.59 Å². The lowest BCUT2D eigenvalue weighted by Gasteiger charge is -2.32. The molecular formula is C19H21N5O3. The maximum absolute atomic E-state index is 12.7. The van der Waals surface area contributed by atoms with Crippen molar-refractivity contribution in [1.82, 2.24) is 24.6 Å². The van der Waals surface area contributed by atoms with Crippen LogP contribution in [0.1, 0.15) is 35.9 Å². The molecule has 0 radical (unpaired) electrons. The van der Waals surface area contributed by atoms with Crippen LogP contribution in [0.2, 0.25) is 0 Å². The SMILES string of the molecule is Cc1noc(C)c1CC(=O)N1CCC(n2cnc3ncccc3c2=O)CC1. The second kappa shape index (κ2) is 6.94. The highest BCUT2D eigenvalue weighted by molar-refractivity contribution is 5.79. The smallest absolute Gasteiger partial charge is 0.263 e. The monoisotopic (exact) mass is 367 g/mol. The van der Waals surface area contributed by atoms with Crippen LogP contribution in [0.3, 0.4) is 0 Å². The Morgan fingerprint density at radius 3 is 2.74 bits per heavy atom. The molecule has 8 nitrogen and oxygen atoms in total. The first-order valence-corrected chi connectivity index (χ1v) is 9.06. The Kier molecular flexibility index (Phi) is 4.47. The minimum atomic E-state index is -0.0754. The quantitative estimate of drug-likeness (QED) is 0.701. The van der Waals surface area contributed by atoms with Gasteiger partial charge in [0.1, 0.15) is 12.1 Å².